The zero-order chi connectivity index (χ0) is 15.4. The van der Waals surface area contributed by atoms with Crippen LogP contribution in [0, 0.1) is 0 Å². The molecule has 0 aromatic carbocycles. The van der Waals surface area contributed by atoms with E-state index in [4.69, 9.17) is 4.74 Å². The van der Waals surface area contributed by atoms with Crippen LogP contribution in [-0.2, 0) is 11.3 Å². The maximum absolute atomic E-state index is 5.22. The number of nitrogens with zero attached hydrogens (tertiary/aromatic N) is 4. The Labute approximate surface area is 128 Å². The van der Waals surface area contributed by atoms with Crippen molar-refractivity contribution in [2.24, 2.45) is 0 Å². The number of methoxy groups -OCH3 is 1. The summed E-state index contributed by atoms with van der Waals surface area (Å²) in [5, 5.41) is 4.66. The van der Waals surface area contributed by atoms with Crippen molar-refractivity contribution in [1.82, 2.24) is 19.6 Å². The van der Waals surface area contributed by atoms with Gasteiger partial charge in [0.25, 0.3) is 0 Å². The molecule has 2 atom stereocenters. The van der Waals surface area contributed by atoms with Crippen molar-refractivity contribution in [3.63, 3.8) is 0 Å². The van der Waals surface area contributed by atoms with Crippen LogP contribution in [-0.4, -0.2) is 65.0 Å². The Kier molecular flexibility index (Phi) is 5.79. The fourth-order valence-electron chi connectivity index (χ4n) is 3.21. The standard InChI is InChI=1S/C16H30N4O/c1-13(2)20-7-6-16(17-20)12-18-10-14(3)19(8-9-21-5)15(4)11-18/h6-7,13-15H,8-12H2,1-5H3. The van der Waals surface area contributed by atoms with E-state index < -0.39 is 0 Å². The molecule has 1 aliphatic rings. The lowest BCUT2D eigenvalue weighted by atomic mass is 10.1. The maximum atomic E-state index is 5.22. The van der Waals surface area contributed by atoms with Gasteiger partial charge in [0.2, 0.25) is 0 Å². The third-order valence-corrected chi connectivity index (χ3v) is 4.31. The molecule has 1 aliphatic heterocycles. The summed E-state index contributed by atoms with van der Waals surface area (Å²) < 4.78 is 7.26. The van der Waals surface area contributed by atoms with Crippen LogP contribution in [0.5, 0.6) is 0 Å². The molecule has 0 radical (unpaired) electrons. The number of hydrogen-bond acceptors (Lipinski definition) is 4. The van der Waals surface area contributed by atoms with Crippen molar-refractivity contribution in [2.45, 2.75) is 52.4 Å². The van der Waals surface area contributed by atoms with Gasteiger partial charge in [0, 0.05) is 57.6 Å². The Hall–Kier alpha value is -0.910. The molecule has 0 aliphatic carbocycles. The fraction of sp³-hybridized carbons (Fsp3) is 0.812. The zero-order valence-electron chi connectivity index (χ0n) is 14.1. The first kappa shape index (κ1) is 16.5. The molecule has 2 rings (SSSR count). The van der Waals surface area contributed by atoms with Crippen LogP contribution in [0.15, 0.2) is 12.3 Å². The topological polar surface area (TPSA) is 33.5 Å². The first-order chi connectivity index (χ1) is 10.0. The first-order valence-corrected chi connectivity index (χ1v) is 8.02. The molecule has 0 saturated carbocycles. The third-order valence-electron chi connectivity index (χ3n) is 4.31. The number of ether oxygens (including phenoxy) is 1. The SMILES string of the molecule is COCCN1C(C)CN(Cc2ccn(C(C)C)n2)CC1C. The average Bonchev–Trinajstić information content (AvgIpc) is 2.86. The second-order valence-electron chi connectivity index (χ2n) is 6.50. The largest absolute Gasteiger partial charge is 0.383 e. The third kappa shape index (κ3) is 4.28. The lowest BCUT2D eigenvalue weighted by molar-refractivity contribution is 0.0173. The zero-order valence-corrected chi connectivity index (χ0v) is 14.1. The van der Waals surface area contributed by atoms with E-state index in [0.29, 0.717) is 18.1 Å². The van der Waals surface area contributed by atoms with Gasteiger partial charge in [-0.2, -0.15) is 5.10 Å². The van der Waals surface area contributed by atoms with Gasteiger partial charge in [-0.25, -0.2) is 0 Å². The van der Waals surface area contributed by atoms with Crippen LogP contribution in [0.3, 0.4) is 0 Å². The van der Waals surface area contributed by atoms with E-state index in [-0.39, 0.29) is 0 Å². The molecule has 0 N–H and O–H groups in total. The Morgan fingerprint density at radius 1 is 1.29 bits per heavy atom. The summed E-state index contributed by atoms with van der Waals surface area (Å²) in [6, 6.07) is 3.71. The molecule has 1 saturated heterocycles. The van der Waals surface area contributed by atoms with Gasteiger partial charge in [-0.3, -0.25) is 14.5 Å². The number of aromatic nitrogens is 2. The maximum Gasteiger partial charge on any atom is 0.0764 e. The molecule has 2 heterocycles. The van der Waals surface area contributed by atoms with Crippen LogP contribution in [0.2, 0.25) is 0 Å². The molecule has 120 valence electrons. The van der Waals surface area contributed by atoms with Crippen molar-refractivity contribution in [3.8, 4) is 0 Å². The summed E-state index contributed by atoms with van der Waals surface area (Å²) >= 11 is 0. The molecule has 2 unspecified atom stereocenters. The van der Waals surface area contributed by atoms with Crippen LogP contribution < -0.4 is 0 Å². The smallest absolute Gasteiger partial charge is 0.0764 e. The van der Waals surface area contributed by atoms with Crippen molar-refractivity contribution >= 4 is 0 Å². The van der Waals surface area contributed by atoms with Crippen molar-refractivity contribution in [1.29, 1.82) is 0 Å². The molecule has 0 spiro atoms. The Morgan fingerprint density at radius 2 is 1.95 bits per heavy atom. The summed E-state index contributed by atoms with van der Waals surface area (Å²) in [4.78, 5) is 5.07. The number of piperazine rings is 1. The molecule has 21 heavy (non-hydrogen) atoms. The summed E-state index contributed by atoms with van der Waals surface area (Å²) in [6.07, 6.45) is 2.09. The van der Waals surface area contributed by atoms with Gasteiger partial charge in [0.15, 0.2) is 0 Å². The summed E-state index contributed by atoms with van der Waals surface area (Å²) in [6.45, 7) is 13.9. The van der Waals surface area contributed by atoms with Gasteiger partial charge in [0.05, 0.1) is 12.3 Å². The second-order valence-corrected chi connectivity index (χ2v) is 6.50. The van der Waals surface area contributed by atoms with Gasteiger partial charge in [-0.05, 0) is 33.8 Å². The van der Waals surface area contributed by atoms with E-state index in [1.54, 1.807) is 7.11 Å². The molecule has 1 aromatic rings. The number of hydrogen-bond donors (Lipinski definition) is 0. The summed E-state index contributed by atoms with van der Waals surface area (Å²) in [7, 11) is 1.77. The summed E-state index contributed by atoms with van der Waals surface area (Å²) in [5.74, 6) is 0. The quantitative estimate of drug-likeness (QED) is 0.803. The van der Waals surface area contributed by atoms with Crippen LogP contribution in [0.25, 0.3) is 0 Å². The highest BCUT2D eigenvalue weighted by Gasteiger charge is 2.29. The minimum Gasteiger partial charge on any atom is -0.383 e. The van der Waals surface area contributed by atoms with E-state index in [1.165, 1.54) is 5.69 Å². The molecule has 5 nitrogen and oxygen atoms in total. The van der Waals surface area contributed by atoms with E-state index >= 15 is 0 Å². The average molecular weight is 294 g/mol. The fourth-order valence-corrected chi connectivity index (χ4v) is 3.21. The van der Waals surface area contributed by atoms with Crippen molar-refractivity contribution < 1.29 is 4.74 Å². The van der Waals surface area contributed by atoms with Gasteiger partial charge in [0.1, 0.15) is 0 Å². The Bertz CT molecular complexity index is 420. The second kappa shape index (κ2) is 7.38. The predicted molar refractivity (Wildman–Crippen MR) is 85.4 cm³/mol. The highest BCUT2D eigenvalue weighted by Crippen LogP contribution is 2.17. The molecule has 0 bridgehead atoms. The molecule has 0 amide bonds. The van der Waals surface area contributed by atoms with Crippen LogP contribution in [0.4, 0.5) is 0 Å². The highest BCUT2D eigenvalue weighted by molar-refractivity contribution is 5.00. The van der Waals surface area contributed by atoms with Gasteiger partial charge >= 0.3 is 0 Å². The Morgan fingerprint density at radius 3 is 2.48 bits per heavy atom. The molecular formula is C16H30N4O. The van der Waals surface area contributed by atoms with Crippen LogP contribution in [0.1, 0.15) is 39.4 Å². The lowest BCUT2D eigenvalue weighted by Crippen LogP contribution is -2.56. The van der Waals surface area contributed by atoms with E-state index in [9.17, 15) is 0 Å². The van der Waals surface area contributed by atoms with Crippen molar-refractivity contribution in [2.75, 3.05) is 33.4 Å². The number of rotatable bonds is 6. The van der Waals surface area contributed by atoms with Gasteiger partial charge in [-0.1, -0.05) is 0 Å². The van der Waals surface area contributed by atoms with E-state index in [2.05, 4.69) is 54.9 Å². The van der Waals surface area contributed by atoms with E-state index in [0.717, 1.165) is 32.8 Å². The molecule has 1 aromatic heterocycles. The lowest BCUT2D eigenvalue weighted by Gasteiger charge is -2.44. The van der Waals surface area contributed by atoms with Gasteiger partial charge in [-0.15, -0.1) is 0 Å². The normalized spacial score (nSPS) is 24.9. The molecular weight excluding hydrogens is 264 g/mol. The predicted octanol–water partition coefficient (Wildman–Crippen LogP) is 2.00. The minimum absolute atomic E-state index is 0.433. The van der Waals surface area contributed by atoms with Gasteiger partial charge < -0.3 is 4.74 Å². The Balaban J connectivity index is 1.91. The minimum atomic E-state index is 0.433. The highest BCUT2D eigenvalue weighted by atomic mass is 16.5. The molecule has 5 heteroatoms. The molecule has 1 fully saturated rings. The first-order valence-electron chi connectivity index (χ1n) is 8.02. The van der Waals surface area contributed by atoms with Crippen molar-refractivity contribution in [3.05, 3.63) is 18.0 Å². The summed E-state index contributed by atoms with van der Waals surface area (Å²) in [5.41, 5.74) is 1.17. The van der Waals surface area contributed by atoms with Crippen LogP contribution >= 0.6 is 0 Å². The van der Waals surface area contributed by atoms with E-state index in [1.807, 2.05) is 4.68 Å². The monoisotopic (exact) mass is 294 g/mol.